The van der Waals surface area contributed by atoms with Gasteiger partial charge in [0.05, 0.1) is 12.7 Å². The number of carbonyl (C=O) groups excluding carboxylic acids is 1. The van der Waals surface area contributed by atoms with Crippen molar-refractivity contribution in [2.24, 2.45) is 0 Å². The van der Waals surface area contributed by atoms with Crippen LogP contribution >= 0.6 is 0 Å². The Hall–Kier alpha value is -3.08. The van der Waals surface area contributed by atoms with E-state index >= 15 is 0 Å². The van der Waals surface area contributed by atoms with Gasteiger partial charge in [-0.3, -0.25) is 0 Å². The number of carbonyl (C=O) groups is 1. The zero-order valence-corrected chi connectivity index (χ0v) is 15.0. The molecular weight excluding hydrogens is 332 g/mol. The van der Waals surface area contributed by atoms with Crippen molar-refractivity contribution in [2.75, 3.05) is 7.11 Å². The van der Waals surface area contributed by atoms with Gasteiger partial charge in [0.2, 0.25) is 0 Å². The first-order valence-electron chi connectivity index (χ1n) is 8.40. The minimum Gasteiger partial charge on any atom is -0.488 e. The monoisotopic (exact) mass is 352 g/mol. The first-order valence-corrected chi connectivity index (χ1v) is 8.40. The second-order valence-corrected chi connectivity index (χ2v) is 5.99. The molecule has 0 spiro atoms. The standard InChI is InChI=1S/C21H20O5/c1-4-15-11-19(22)26-20-13(2)18(10-9-17(15)20)25-12-14-5-7-16(8-6-14)21(23)24-3/h5-11H,4,12H2,1-3H3. The minimum atomic E-state index is -0.371. The predicted octanol–water partition coefficient (Wildman–Crippen LogP) is 4.03. The maximum Gasteiger partial charge on any atom is 0.337 e. The van der Waals surface area contributed by atoms with Crippen molar-refractivity contribution in [1.82, 2.24) is 0 Å². The van der Waals surface area contributed by atoms with Crippen LogP contribution in [-0.2, 0) is 17.8 Å². The molecule has 0 N–H and O–H groups in total. The minimum absolute atomic E-state index is 0.339. The van der Waals surface area contributed by atoms with Gasteiger partial charge in [0.15, 0.2) is 0 Å². The number of benzene rings is 2. The lowest BCUT2D eigenvalue weighted by Gasteiger charge is -2.12. The first kappa shape index (κ1) is 17.7. The van der Waals surface area contributed by atoms with Crippen LogP contribution in [0.15, 0.2) is 51.7 Å². The Morgan fingerprint density at radius 1 is 1.12 bits per heavy atom. The van der Waals surface area contributed by atoms with Crippen molar-refractivity contribution in [2.45, 2.75) is 26.9 Å². The molecule has 0 fully saturated rings. The summed E-state index contributed by atoms with van der Waals surface area (Å²) in [6, 6.07) is 12.4. The van der Waals surface area contributed by atoms with Crippen molar-refractivity contribution >= 4 is 16.9 Å². The molecule has 0 saturated carbocycles. The quantitative estimate of drug-likeness (QED) is 0.512. The SMILES string of the molecule is CCc1cc(=O)oc2c(C)c(OCc3ccc(C(=O)OC)cc3)ccc12. The molecule has 3 aromatic rings. The largest absolute Gasteiger partial charge is 0.488 e. The molecule has 0 aliphatic heterocycles. The number of aryl methyl sites for hydroxylation is 2. The zero-order valence-electron chi connectivity index (χ0n) is 15.0. The summed E-state index contributed by atoms with van der Waals surface area (Å²) in [6.45, 7) is 4.22. The Kier molecular flexibility index (Phi) is 5.07. The summed E-state index contributed by atoms with van der Waals surface area (Å²) in [4.78, 5) is 23.2. The molecule has 1 aromatic heterocycles. The van der Waals surface area contributed by atoms with Gasteiger partial charge in [-0.15, -0.1) is 0 Å². The maximum absolute atomic E-state index is 11.8. The number of ether oxygens (including phenoxy) is 2. The van der Waals surface area contributed by atoms with Gasteiger partial charge < -0.3 is 13.9 Å². The van der Waals surface area contributed by atoms with E-state index in [2.05, 4.69) is 4.74 Å². The van der Waals surface area contributed by atoms with Gasteiger partial charge >= 0.3 is 11.6 Å². The Labute approximate surface area is 151 Å². The third-order valence-electron chi connectivity index (χ3n) is 4.35. The number of rotatable bonds is 5. The summed E-state index contributed by atoms with van der Waals surface area (Å²) in [7, 11) is 1.35. The summed E-state index contributed by atoms with van der Waals surface area (Å²) < 4.78 is 16.0. The second kappa shape index (κ2) is 7.44. The van der Waals surface area contributed by atoms with Gasteiger partial charge in [0.25, 0.3) is 0 Å². The molecule has 0 bridgehead atoms. The molecule has 0 amide bonds. The van der Waals surface area contributed by atoms with E-state index in [-0.39, 0.29) is 11.6 Å². The molecule has 3 rings (SSSR count). The fourth-order valence-electron chi connectivity index (χ4n) is 2.87. The Morgan fingerprint density at radius 3 is 2.50 bits per heavy atom. The first-order chi connectivity index (χ1) is 12.5. The molecule has 0 unspecified atom stereocenters. The summed E-state index contributed by atoms with van der Waals surface area (Å²) in [5, 5.41) is 0.930. The van der Waals surface area contributed by atoms with E-state index < -0.39 is 0 Å². The van der Waals surface area contributed by atoms with Gasteiger partial charge in [0, 0.05) is 17.0 Å². The normalized spacial score (nSPS) is 10.7. The molecule has 5 nitrogen and oxygen atoms in total. The fraction of sp³-hybridized carbons (Fsp3) is 0.238. The average molecular weight is 352 g/mol. The van der Waals surface area contributed by atoms with Gasteiger partial charge in [-0.2, -0.15) is 0 Å². The highest BCUT2D eigenvalue weighted by Crippen LogP contribution is 2.29. The van der Waals surface area contributed by atoms with Crippen molar-refractivity contribution in [3.63, 3.8) is 0 Å². The number of hydrogen-bond acceptors (Lipinski definition) is 5. The lowest BCUT2D eigenvalue weighted by atomic mass is 10.0. The van der Waals surface area contributed by atoms with Crippen LogP contribution in [0.3, 0.4) is 0 Å². The molecule has 0 radical (unpaired) electrons. The molecular formula is C21H20O5. The van der Waals surface area contributed by atoms with Gasteiger partial charge in [-0.25, -0.2) is 9.59 Å². The fourth-order valence-corrected chi connectivity index (χ4v) is 2.87. The Balaban J connectivity index is 1.84. The van der Waals surface area contributed by atoms with Crippen molar-refractivity contribution in [3.05, 3.63) is 75.1 Å². The van der Waals surface area contributed by atoms with E-state index in [9.17, 15) is 9.59 Å². The van der Waals surface area contributed by atoms with Crippen LogP contribution in [0.5, 0.6) is 5.75 Å². The van der Waals surface area contributed by atoms with E-state index in [1.165, 1.54) is 13.2 Å². The van der Waals surface area contributed by atoms with Crippen molar-refractivity contribution < 1.29 is 18.7 Å². The molecule has 0 saturated heterocycles. The third kappa shape index (κ3) is 3.47. The van der Waals surface area contributed by atoms with Gasteiger partial charge in [-0.1, -0.05) is 19.1 Å². The summed E-state index contributed by atoms with van der Waals surface area (Å²) in [5.74, 6) is 0.288. The van der Waals surface area contributed by atoms with Crippen LogP contribution in [0.25, 0.3) is 11.0 Å². The molecule has 0 atom stereocenters. The third-order valence-corrected chi connectivity index (χ3v) is 4.35. The van der Waals surface area contributed by atoms with Crippen LogP contribution in [0.2, 0.25) is 0 Å². The average Bonchev–Trinajstić information content (AvgIpc) is 2.67. The number of esters is 1. The van der Waals surface area contributed by atoms with E-state index in [0.717, 1.165) is 28.5 Å². The van der Waals surface area contributed by atoms with Crippen LogP contribution in [0.4, 0.5) is 0 Å². The lowest BCUT2D eigenvalue weighted by Crippen LogP contribution is -2.03. The highest BCUT2D eigenvalue weighted by atomic mass is 16.5. The predicted molar refractivity (Wildman–Crippen MR) is 98.7 cm³/mol. The number of fused-ring (bicyclic) bond motifs is 1. The molecule has 0 aliphatic carbocycles. The highest BCUT2D eigenvalue weighted by Gasteiger charge is 2.11. The van der Waals surface area contributed by atoms with Gasteiger partial charge in [0.1, 0.15) is 17.9 Å². The Morgan fingerprint density at radius 2 is 1.85 bits per heavy atom. The lowest BCUT2D eigenvalue weighted by molar-refractivity contribution is 0.0600. The highest BCUT2D eigenvalue weighted by molar-refractivity contribution is 5.89. The van der Waals surface area contributed by atoms with Crippen LogP contribution in [-0.4, -0.2) is 13.1 Å². The molecule has 2 aromatic carbocycles. The van der Waals surface area contributed by atoms with E-state index in [4.69, 9.17) is 9.15 Å². The van der Waals surface area contributed by atoms with E-state index in [0.29, 0.717) is 23.5 Å². The Bertz CT molecular complexity index is 999. The summed E-state index contributed by atoms with van der Waals surface area (Å²) >= 11 is 0. The van der Waals surface area contributed by atoms with E-state index in [1.807, 2.05) is 38.1 Å². The maximum atomic E-state index is 11.8. The van der Waals surface area contributed by atoms with Crippen molar-refractivity contribution in [1.29, 1.82) is 0 Å². The summed E-state index contributed by atoms with van der Waals surface area (Å²) in [6.07, 6.45) is 0.758. The van der Waals surface area contributed by atoms with Crippen molar-refractivity contribution in [3.8, 4) is 5.75 Å². The number of methoxy groups -OCH3 is 1. The second-order valence-electron chi connectivity index (χ2n) is 5.99. The molecule has 5 heteroatoms. The molecule has 1 heterocycles. The van der Waals surface area contributed by atoms with Crippen LogP contribution in [0, 0.1) is 6.92 Å². The topological polar surface area (TPSA) is 65.7 Å². The summed E-state index contributed by atoms with van der Waals surface area (Å²) in [5.41, 5.74) is 3.37. The molecule has 0 aliphatic rings. The molecule has 134 valence electrons. The molecule has 26 heavy (non-hydrogen) atoms. The van der Waals surface area contributed by atoms with Crippen LogP contribution < -0.4 is 10.4 Å². The number of hydrogen-bond donors (Lipinski definition) is 0. The van der Waals surface area contributed by atoms with Gasteiger partial charge in [-0.05, 0) is 48.7 Å². The van der Waals surface area contributed by atoms with E-state index in [1.54, 1.807) is 12.1 Å². The smallest absolute Gasteiger partial charge is 0.337 e. The van der Waals surface area contributed by atoms with Crippen LogP contribution in [0.1, 0.15) is 34.0 Å². The zero-order chi connectivity index (χ0) is 18.7.